The first-order chi connectivity index (χ1) is 13.0. The molecule has 27 heavy (non-hydrogen) atoms. The summed E-state index contributed by atoms with van der Waals surface area (Å²) in [6.45, 7) is 2.06. The van der Waals surface area contributed by atoms with Crippen LogP contribution in [-0.4, -0.2) is 37.4 Å². The number of hydrogen-bond donors (Lipinski definition) is 0. The minimum Gasteiger partial charge on any atom is -0.462 e. The number of benzene rings is 2. The van der Waals surface area contributed by atoms with Crippen molar-refractivity contribution in [3.8, 4) is 0 Å². The van der Waals surface area contributed by atoms with E-state index in [9.17, 15) is 9.59 Å². The van der Waals surface area contributed by atoms with Gasteiger partial charge in [0.05, 0.1) is 17.2 Å². The van der Waals surface area contributed by atoms with Gasteiger partial charge in [-0.2, -0.15) is 0 Å². The SMILES string of the molecule is CCOC(=O)C(=CC=C(C(=O)c1ccccc1)N(C)C)Sc1ccccc1. The molecule has 2 aromatic carbocycles. The molecule has 140 valence electrons. The Labute approximate surface area is 164 Å². The number of hydrogen-bond acceptors (Lipinski definition) is 5. The Morgan fingerprint density at radius 2 is 1.56 bits per heavy atom. The van der Waals surface area contributed by atoms with Gasteiger partial charge in [-0.1, -0.05) is 60.3 Å². The molecule has 0 aliphatic rings. The largest absolute Gasteiger partial charge is 0.462 e. The highest BCUT2D eigenvalue weighted by molar-refractivity contribution is 8.04. The molecule has 0 aliphatic carbocycles. The Morgan fingerprint density at radius 1 is 0.963 bits per heavy atom. The van der Waals surface area contributed by atoms with Crippen LogP contribution in [0, 0.1) is 0 Å². The van der Waals surface area contributed by atoms with E-state index in [4.69, 9.17) is 4.74 Å². The summed E-state index contributed by atoms with van der Waals surface area (Å²) in [6, 6.07) is 18.6. The number of likely N-dealkylation sites (N-methyl/N-ethyl adjacent to an activating group) is 1. The standard InChI is InChI=1S/C22H23NO3S/c1-4-26-22(25)20(27-18-13-9-6-10-14-18)16-15-19(23(2)3)21(24)17-11-7-5-8-12-17/h5-16H,4H2,1-3H3. The topological polar surface area (TPSA) is 46.6 Å². The number of ether oxygens (including phenoxy) is 1. The predicted molar refractivity (Wildman–Crippen MR) is 110 cm³/mol. The molecule has 0 amide bonds. The molecule has 0 bridgehead atoms. The molecule has 4 nitrogen and oxygen atoms in total. The summed E-state index contributed by atoms with van der Waals surface area (Å²) >= 11 is 1.31. The predicted octanol–water partition coefficient (Wildman–Crippen LogP) is 4.55. The quantitative estimate of drug-likeness (QED) is 0.221. The van der Waals surface area contributed by atoms with Crippen molar-refractivity contribution in [2.24, 2.45) is 0 Å². The van der Waals surface area contributed by atoms with Gasteiger partial charge >= 0.3 is 5.97 Å². The number of ketones is 1. The van der Waals surface area contributed by atoms with E-state index < -0.39 is 5.97 Å². The molecule has 0 N–H and O–H groups in total. The highest BCUT2D eigenvalue weighted by atomic mass is 32.2. The van der Waals surface area contributed by atoms with Gasteiger partial charge < -0.3 is 9.64 Å². The molecule has 0 aromatic heterocycles. The van der Waals surface area contributed by atoms with Crippen LogP contribution in [0.5, 0.6) is 0 Å². The van der Waals surface area contributed by atoms with Gasteiger partial charge in [0.1, 0.15) is 0 Å². The maximum atomic E-state index is 12.8. The van der Waals surface area contributed by atoms with Crippen molar-refractivity contribution in [3.63, 3.8) is 0 Å². The monoisotopic (exact) mass is 381 g/mol. The fourth-order valence-electron chi connectivity index (χ4n) is 2.28. The second-order valence-electron chi connectivity index (χ2n) is 5.81. The van der Waals surface area contributed by atoms with Crippen molar-refractivity contribution in [3.05, 3.63) is 89.0 Å². The van der Waals surface area contributed by atoms with Gasteiger partial charge in [-0.3, -0.25) is 4.79 Å². The Hall–Kier alpha value is -2.79. The molecule has 0 radical (unpaired) electrons. The van der Waals surface area contributed by atoms with Crippen LogP contribution < -0.4 is 0 Å². The Bertz CT molecular complexity index is 827. The second kappa shape index (κ2) is 10.4. The zero-order valence-corrected chi connectivity index (χ0v) is 16.5. The summed E-state index contributed by atoms with van der Waals surface area (Å²) in [7, 11) is 3.60. The van der Waals surface area contributed by atoms with Crippen LogP contribution in [0.4, 0.5) is 0 Å². The maximum Gasteiger partial charge on any atom is 0.344 e. The van der Waals surface area contributed by atoms with E-state index in [0.717, 1.165) is 4.90 Å². The van der Waals surface area contributed by atoms with Crippen molar-refractivity contribution in [2.75, 3.05) is 20.7 Å². The van der Waals surface area contributed by atoms with Gasteiger partial charge in [0.25, 0.3) is 0 Å². The van der Waals surface area contributed by atoms with Crippen molar-refractivity contribution >= 4 is 23.5 Å². The summed E-state index contributed by atoms with van der Waals surface area (Å²) in [6.07, 6.45) is 3.31. The Kier molecular flexibility index (Phi) is 7.89. The molecule has 0 aliphatic heterocycles. The lowest BCUT2D eigenvalue weighted by molar-refractivity contribution is -0.137. The van der Waals surface area contributed by atoms with Crippen molar-refractivity contribution < 1.29 is 14.3 Å². The highest BCUT2D eigenvalue weighted by Gasteiger charge is 2.15. The normalized spacial score (nSPS) is 11.8. The number of thioether (sulfide) groups is 1. The molecule has 5 heteroatoms. The lowest BCUT2D eigenvalue weighted by Crippen LogP contribution is -2.19. The zero-order chi connectivity index (χ0) is 19.6. The van der Waals surface area contributed by atoms with Crippen LogP contribution in [0.1, 0.15) is 17.3 Å². The Balaban J connectivity index is 2.36. The number of allylic oxidation sites excluding steroid dienone is 3. The number of esters is 1. The number of carbonyl (C=O) groups is 2. The molecular formula is C22H23NO3S. The van der Waals surface area contributed by atoms with Crippen LogP contribution in [0.15, 0.2) is 88.3 Å². The minimum atomic E-state index is -0.409. The van der Waals surface area contributed by atoms with Gasteiger partial charge in [0.2, 0.25) is 5.78 Å². The van der Waals surface area contributed by atoms with E-state index in [1.54, 1.807) is 50.2 Å². The lowest BCUT2D eigenvalue weighted by atomic mass is 10.1. The first kappa shape index (κ1) is 20.5. The van der Waals surface area contributed by atoms with E-state index in [1.165, 1.54) is 11.8 Å². The third-order valence-electron chi connectivity index (χ3n) is 3.59. The smallest absolute Gasteiger partial charge is 0.344 e. The van der Waals surface area contributed by atoms with Gasteiger partial charge in [-0.25, -0.2) is 4.79 Å². The van der Waals surface area contributed by atoms with E-state index in [2.05, 4.69) is 0 Å². The van der Waals surface area contributed by atoms with E-state index in [1.807, 2.05) is 48.5 Å². The van der Waals surface area contributed by atoms with Crippen LogP contribution >= 0.6 is 11.8 Å². The molecule has 0 atom stereocenters. The highest BCUT2D eigenvalue weighted by Crippen LogP contribution is 2.27. The number of nitrogens with zero attached hydrogens (tertiary/aromatic N) is 1. The molecule has 0 heterocycles. The molecule has 0 unspecified atom stereocenters. The summed E-state index contributed by atoms with van der Waals surface area (Å²) in [4.78, 5) is 28.2. The van der Waals surface area contributed by atoms with Gasteiger partial charge in [-0.15, -0.1) is 0 Å². The number of carbonyl (C=O) groups excluding carboxylic acids is 2. The molecule has 2 aromatic rings. The van der Waals surface area contributed by atoms with Gasteiger partial charge in [0, 0.05) is 24.6 Å². The van der Waals surface area contributed by atoms with Crippen LogP contribution in [0.2, 0.25) is 0 Å². The average Bonchev–Trinajstić information content (AvgIpc) is 2.68. The molecule has 2 rings (SSSR count). The number of Topliss-reactive ketones (excluding diaryl/α,β-unsaturated/α-hetero) is 1. The lowest BCUT2D eigenvalue weighted by Gasteiger charge is -2.16. The van der Waals surface area contributed by atoms with Crippen LogP contribution in [-0.2, 0) is 9.53 Å². The fraction of sp³-hybridized carbons (Fsp3) is 0.182. The van der Waals surface area contributed by atoms with Crippen molar-refractivity contribution in [1.29, 1.82) is 0 Å². The zero-order valence-electron chi connectivity index (χ0n) is 15.7. The first-order valence-corrected chi connectivity index (χ1v) is 9.43. The average molecular weight is 381 g/mol. The fourth-order valence-corrected chi connectivity index (χ4v) is 3.11. The van der Waals surface area contributed by atoms with Crippen molar-refractivity contribution in [2.45, 2.75) is 11.8 Å². The van der Waals surface area contributed by atoms with E-state index >= 15 is 0 Å². The molecule has 0 fully saturated rings. The summed E-state index contributed by atoms with van der Waals surface area (Å²) in [5, 5.41) is 0. The summed E-state index contributed by atoms with van der Waals surface area (Å²) in [5.74, 6) is -0.516. The maximum absolute atomic E-state index is 12.8. The molecular weight excluding hydrogens is 358 g/mol. The third-order valence-corrected chi connectivity index (χ3v) is 4.62. The first-order valence-electron chi connectivity index (χ1n) is 8.62. The van der Waals surface area contributed by atoms with Crippen LogP contribution in [0.3, 0.4) is 0 Å². The van der Waals surface area contributed by atoms with Gasteiger partial charge in [-0.05, 0) is 31.2 Å². The van der Waals surface area contributed by atoms with Gasteiger partial charge in [0.15, 0.2) is 0 Å². The Morgan fingerprint density at radius 3 is 2.11 bits per heavy atom. The molecule has 0 saturated carbocycles. The second-order valence-corrected chi connectivity index (χ2v) is 6.92. The van der Waals surface area contributed by atoms with Crippen molar-refractivity contribution in [1.82, 2.24) is 4.90 Å². The molecule has 0 spiro atoms. The summed E-state index contributed by atoms with van der Waals surface area (Å²) < 4.78 is 5.16. The third kappa shape index (κ3) is 6.15. The van der Waals surface area contributed by atoms with Crippen LogP contribution in [0.25, 0.3) is 0 Å². The van der Waals surface area contributed by atoms with E-state index in [-0.39, 0.29) is 5.78 Å². The molecule has 0 saturated heterocycles. The summed E-state index contributed by atoms with van der Waals surface area (Å²) in [5.41, 5.74) is 1.08. The van der Waals surface area contributed by atoms with E-state index in [0.29, 0.717) is 22.8 Å². The number of rotatable bonds is 8. The minimum absolute atomic E-state index is 0.107.